The van der Waals surface area contributed by atoms with Gasteiger partial charge >= 0.3 is 12.3 Å². The Hall–Kier alpha value is -5.81. The summed E-state index contributed by atoms with van der Waals surface area (Å²) in [5.74, 6) is 5.50. The molecule has 44 heavy (non-hydrogen) atoms. The van der Waals surface area contributed by atoms with Gasteiger partial charge in [0.05, 0.1) is 7.11 Å². The Balaban J connectivity index is 1.68. The van der Waals surface area contributed by atoms with Crippen LogP contribution in [0.5, 0.6) is 29.1 Å². The maximum absolute atomic E-state index is 13.5. The zero-order valence-electron chi connectivity index (χ0n) is 23.7. The van der Waals surface area contributed by atoms with Crippen molar-refractivity contribution in [1.29, 1.82) is 0 Å². The van der Waals surface area contributed by atoms with Crippen LogP contribution in [0.1, 0.15) is 12.5 Å². The van der Waals surface area contributed by atoms with E-state index in [9.17, 15) is 8.42 Å². The van der Waals surface area contributed by atoms with E-state index in [0.717, 1.165) is 5.56 Å². The largest absolute Gasteiger partial charge is 0.493 e. The van der Waals surface area contributed by atoms with Crippen LogP contribution in [0.15, 0.2) is 90.6 Å². The van der Waals surface area contributed by atoms with E-state index in [1.807, 2.05) is 0 Å². The van der Waals surface area contributed by atoms with Crippen molar-refractivity contribution in [3.05, 3.63) is 91.1 Å². The van der Waals surface area contributed by atoms with Gasteiger partial charge in [0.1, 0.15) is 0 Å². The zero-order chi connectivity index (χ0) is 30.9. The van der Waals surface area contributed by atoms with Gasteiger partial charge in [0.25, 0.3) is 15.9 Å². The first kappa shape index (κ1) is 29.7. The molecule has 13 nitrogen and oxygen atoms in total. The van der Waals surface area contributed by atoms with E-state index in [-0.39, 0.29) is 40.1 Å². The molecule has 5 aromatic rings. The molecular weight excluding hydrogens is 586 g/mol. The summed E-state index contributed by atoms with van der Waals surface area (Å²) in [5, 5.41) is -0.239. The van der Waals surface area contributed by atoms with Crippen molar-refractivity contribution < 1.29 is 27.4 Å². The van der Waals surface area contributed by atoms with Crippen LogP contribution in [0.2, 0.25) is 0 Å². The number of hydrogen-bond acceptors (Lipinski definition) is 12. The standard InChI is InChI=1S/C30H25N7O6S/c1-4-8-25(43-30-32-15-7-16-33-30)42-29-26(41-23-10-6-5-9-22(23)40-3)28(35-27(36-29)21-13-17-31-18-14-21)37-44(38,39)24-12-11-20(2)19-34-24/h5-7,9-19,25H,1-3H3,(H,35,36,37). The molecular formula is C30H25N7O6S. The molecule has 1 atom stereocenters. The van der Waals surface area contributed by atoms with Crippen LogP contribution >= 0.6 is 0 Å². The lowest BCUT2D eigenvalue weighted by Crippen LogP contribution is -2.24. The third-order valence-corrected chi connectivity index (χ3v) is 6.93. The number of para-hydroxylation sites is 2. The van der Waals surface area contributed by atoms with Crippen LogP contribution in [0.4, 0.5) is 5.82 Å². The van der Waals surface area contributed by atoms with E-state index < -0.39 is 16.3 Å². The number of rotatable bonds is 11. The SMILES string of the molecule is CC#CC(Oc1ncccn1)Oc1nc(-c2ccncc2)nc(NS(=O)(=O)c2ccc(C)cn2)c1Oc1ccccc1OC. The average molecular weight is 612 g/mol. The molecule has 14 heteroatoms. The summed E-state index contributed by atoms with van der Waals surface area (Å²) < 4.78 is 53.1. The summed E-state index contributed by atoms with van der Waals surface area (Å²) in [4.78, 5) is 25.3. The third kappa shape index (κ3) is 7.15. The molecule has 4 heterocycles. The van der Waals surface area contributed by atoms with Gasteiger partial charge in [-0.2, -0.15) is 13.4 Å². The predicted molar refractivity (Wildman–Crippen MR) is 159 cm³/mol. The smallest absolute Gasteiger partial charge is 0.320 e. The minimum absolute atomic E-state index is 0.0118. The van der Waals surface area contributed by atoms with Gasteiger partial charge in [-0.1, -0.05) is 24.1 Å². The minimum Gasteiger partial charge on any atom is -0.493 e. The summed E-state index contributed by atoms with van der Waals surface area (Å²) in [7, 11) is -2.81. The molecule has 0 saturated heterocycles. The van der Waals surface area contributed by atoms with E-state index in [0.29, 0.717) is 11.3 Å². The lowest BCUT2D eigenvalue weighted by Gasteiger charge is -2.20. The van der Waals surface area contributed by atoms with Gasteiger partial charge in [-0.15, -0.1) is 0 Å². The molecule has 0 radical (unpaired) electrons. The van der Waals surface area contributed by atoms with E-state index in [1.165, 1.54) is 31.8 Å². The molecule has 5 rings (SSSR count). The quantitative estimate of drug-likeness (QED) is 0.165. The molecule has 1 aromatic carbocycles. The number of benzene rings is 1. The van der Waals surface area contributed by atoms with Gasteiger partial charge < -0.3 is 18.9 Å². The lowest BCUT2D eigenvalue weighted by atomic mass is 10.2. The fourth-order valence-electron chi connectivity index (χ4n) is 3.65. The van der Waals surface area contributed by atoms with E-state index in [1.54, 1.807) is 74.8 Å². The molecule has 0 aliphatic carbocycles. The van der Waals surface area contributed by atoms with Gasteiger partial charge in [-0.05, 0) is 61.7 Å². The molecule has 0 fully saturated rings. The van der Waals surface area contributed by atoms with Crippen molar-refractivity contribution in [2.75, 3.05) is 11.8 Å². The number of nitrogens with one attached hydrogen (secondary N) is 1. The number of aryl methyl sites for hydroxylation is 1. The number of methoxy groups -OCH3 is 1. The third-order valence-electron chi connectivity index (χ3n) is 5.68. The maximum atomic E-state index is 13.5. The van der Waals surface area contributed by atoms with Crippen LogP contribution in [0.3, 0.4) is 0 Å². The number of anilines is 1. The molecule has 1 unspecified atom stereocenters. The highest BCUT2D eigenvalue weighted by Gasteiger charge is 2.27. The number of ether oxygens (including phenoxy) is 4. The lowest BCUT2D eigenvalue weighted by molar-refractivity contribution is 0.0413. The van der Waals surface area contributed by atoms with Crippen molar-refractivity contribution in [2.24, 2.45) is 0 Å². The van der Waals surface area contributed by atoms with Crippen molar-refractivity contribution in [3.63, 3.8) is 0 Å². The average Bonchev–Trinajstić information content (AvgIpc) is 3.03. The van der Waals surface area contributed by atoms with Gasteiger partial charge in [0.2, 0.25) is 5.75 Å². The highest BCUT2D eigenvalue weighted by Crippen LogP contribution is 2.42. The first-order chi connectivity index (χ1) is 21.4. The molecule has 0 saturated carbocycles. The van der Waals surface area contributed by atoms with Crippen molar-refractivity contribution >= 4 is 15.8 Å². The molecule has 1 N–H and O–H groups in total. The van der Waals surface area contributed by atoms with Crippen LogP contribution in [0.25, 0.3) is 11.4 Å². The molecule has 222 valence electrons. The summed E-state index contributed by atoms with van der Waals surface area (Å²) in [5.41, 5.74) is 1.29. The van der Waals surface area contributed by atoms with E-state index in [2.05, 4.69) is 46.5 Å². The summed E-state index contributed by atoms with van der Waals surface area (Å²) in [6.45, 7) is 3.39. The summed E-state index contributed by atoms with van der Waals surface area (Å²) >= 11 is 0. The predicted octanol–water partition coefficient (Wildman–Crippen LogP) is 4.44. The van der Waals surface area contributed by atoms with Crippen molar-refractivity contribution in [3.8, 4) is 52.4 Å². The van der Waals surface area contributed by atoms with Gasteiger partial charge in [0.15, 0.2) is 28.2 Å². The number of nitrogens with zero attached hydrogens (tertiary/aromatic N) is 6. The Morgan fingerprint density at radius 3 is 2.30 bits per heavy atom. The Bertz CT molecular complexity index is 1900. The number of pyridine rings is 2. The molecule has 4 aromatic heterocycles. The van der Waals surface area contributed by atoms with Crippen LogP contribution in [0, 0.1) is 18.8 Å². The maximum Gasteiger partial charge on any atom is 0.320 e. The molecule has 0 amide bonds. The molecule has 0 spiro atoms. The topological polar surface area (TPSA) is 160 Å². The second kappa shape index (κ2) is 13.4. The number of aromatic nitrogens is 6. The normalized spacial score (nSPS) is 11.4. The molecule has 0 aliphatic rings. The van der Waals surface area contributed by atoms with Gasteiger partial charge in [0, 0.05) is 36.5 Å². The van der Waals surface area contributed by atoms with Crippen LogP contribution in [-0.2, 0) is 10.0 Å². The van der Waals surface area contributed by atoms with Crippen LogP contribution in [-0.4, -0.2) is 51.7 Å². The Morgan fingerprint density at radius 1 is 0.864 bits per heavy atom. The molecule has 0 bridgehead atoms. The number of sulfonamides is 1. The highest BCUT2D eigenvalue weighted by molar-refractivity contribution is 7.92. The number of hydrogen-bond donors (Lipinski definition) is 1. The first-order valence-electron chi connectivity index (χ1n) is 13.0. The van der Waals surface area contributed by atoms with Crippen molar-refractivity contribution in [1.82, 2.24) is 29.9 Å². The molecule has 0 aliphatic heterocycles. The van der Waals surface area contributed by atoms with E-state index in [4.69, 9.17) is 18.9 Å². The minimum atomic E-state index is -4.27. The second-order valence-electron chi connectivity index (χ2n) is 8.79. The van der Waals surface area contributed by atoms with Gasteiger partial charge in [-0.25, -0.2) is 19.9 Å². The summed E-state index contributed by atoms with van der Waals surface area (Å²) in [6, 6.07) is 14.7. The fraction of sp³-hybridized carbons (Fsp3) is 0.133. The Labute approximate surface area is 253 Å². The second-order valence-corrected chi connectivity index (χ2v) is 10.4. The summed E-state index contributed by atoms with van der Waals surface area (Å²) in [6.07, 6.45) is 6.22. The van der Waals surface area contributed by atoms with Gasteiger partial charge in [-0.3, -0.25) is 9.71 Å². The first-order valence-corrected chi connectivity index (χ1v) is 14.5. The van der Waals surface area contributed by atoms with Crippen LogP contribution < -0.4 is 23.7 Å². The monoisotopic (exact) mass is 611 g/mol. The van der Waals surface area contributed by atoms with Crippen molar-refractivity contribution in [2.45, 2.75) is 25.2 Å². The Kier molecular flexibility index (Phi) is 9.07. The Morgan fingerprint density at radius 2 is 1.61 bits per heavy atom. The zero-order valence-corrected chi connectivity index (χ0v) is 24.5. The van der Waals surface area contributed by atoms with E-state index >= 15 is 0 Å². The fourth-order valence-corrected chi connectivity index (χ4v) is 4.59. The highest BCUT2D eigenvalue weighted by atomic mass is 32.2.